The molecule has 1 fully saturated rings. The first kappa shape index (κ1) is 18.3. The van der Waals surface area contributed by atoms with E-state index in [9.17, 15) is 9.90 Å². The Bertz CT molecular complexity index is 789. The Hall–Kier alpha value is -2.48. The normalized spacial score (nSPS) is 20.0. The van der Waals surface area contributed by atoms with E-state index in [0.717, 1.165) is 25.0 Å². The van der Waals surface area contributed by atoms with E-state index >= 15 is 0 Å². The van der Waals surface area contributed by atoms with Crippen LogP contribution in [-0.2, 0) is 23.2 Å². The fourth-order valence-corrected chi connectivity index (χ4v) is 3.37. The summed E-state index contributed by atoms with van der Waals surface area (Å²) in [5, 5.41) is 17.5. The van der Waals surface area contributed by atoms with Crippen molar-refractivity contribution >= 4 is 5.97 Å². The second-order valence-corrected chi connectivity index (χ2v) is 6.57. The summed E-state index contributed by atoms with van der Waals surface area (Å²) < 4.78 is 12.5. The van der Waals surface area contributed by atoms with Gasteiger partial charge in [-0.25, -0.2) is 9.67 Å². The highest BCUT2D eigenvalue weighted by molar-refractivity contribution is 5.72. The number of esters is 1. The molecule has 0 bridgehead atoms. The summed E-state index contributed by atoms with van der Waals surface area (Å²) in [5.41, 5.74) is 2.55. The fraction of sp³-hybridized carbons (Fsp3) is 0.556. The zero-order valence-corrected chi connectivity index (χ0v) is 15.3. The maximum Gasteiger partial charge on any atom is 0.308 e. The number of carbonyl (C=O) groups is 1. The quantitative estimate of drug-likeness (QED) is 0.812. The van der Waals surface area contributed by atoms with Gasteiger partial charge in [0, 0.05) is 7.05 Å². The molecule has 1 N–H and O–H groups in total. The first-order valence-corrected chi connectivity index (χ1v) is 8.75. The molecular formula is C18H24N4O4. The lowest BCUT2D eigenvalue weighted by Gasteiger charge is -2.28. The topological polar surface area (TPSA) is 99.4 Å². The minimum atomic E-state index is -0.164. The van der Waals surface area contributed by atoms with Crippen LogP contribution >= 0.6 is 0 Å². The van der Waals surface area contributed by atoms with Crippen molar-refractivity contribution in [3.8, 4) is 17.1 Å². The number of aryl methyl sites for hydroxylation is 2. The van der Waals surface area contributed by atoms with Crippen LogP contribution in [0.3, 0.4) is 0 Å². The molecule has 8 nitrogen and oxygen atoms in total. The summed E-state index contributed by atoms with van der Waals surface area (Å²) in [6.07, 6.45) is 3.33. The Morgan fingerprint density at radius 1 is 1.38 bits per heavy atom. The number of nitrogens with zero attached hydrogens (tertiary/aromatic N) is 4. The lowest BCUT2D eigenvalue weighted by atomic mass is 9.87. The third-order valence-electron chi connectivity index (χ3n) is 4.83. The highest BCUT2D eigenvalue weighted by Gasteiger charge is 2.29. The predicted octanol–water partition coefficient (Wildman–Crippen LogP) is 1.79. The molecule has 0 unspecified atom stereocenters. The van der Waals surface area contributed by atoms with Gasteiger partial charge in [-0.05, 0) is 44.7 Å². The first-order valence-electron chi connectivity index (χ1n) is 8.75. The van der Waals surface area contributed by atoms with E-state index in [0.29, 0.717) is 29.3 Å². The van der Waals surface area contributed by atoms with E-state index in [1.807, 2.05) is 19.1 Å². The number of hydrogen-bond donors (Lipinski definition) is 1. The first-order chi connectivity index (χ1) is 12.5. The Morgan fingerprint density at radius 3 is 2.88 bits per heavy atom. The number of aromatic nitrogens is 4. The molecule has 0 spiro atoms. The van der Waals surface area contributed by atoms with E-state index in [2.05, 4.69) is 15.3 Å². The maximum atomic E-state index is 11.8. The molecule has 1 saturated carbocycles. The van der Waals surface area contributed by atoms with Gasteiger partial charge in [0.2, 0.25) is 0 Å². The minimum Gasteiger partial charge on any atom is -0.489 e. The van der Waals surface area contributed by atoms with Gasteiger partial charge in [0.25, 0.3) is 0 Å². The third kappa shape index (κ3) is 3.70. The van der Waals surface area contributed by atoms with Crippen molar-refractivity contribution in [2.75, 3.05) is 7.11 Å². The van der Waals surface area contributed by atoms with Crippen molar-refractivity contribution in [3.63, 3.8) is 0 Å². The van der Waals surface area contributed by atoms with E-state index < -0.39 is 0 Å². The molecule has 1 aliphatic carbocycles. The van der Waals surface area contributed by atoms with E-state index in [-0.39, 0.29) is 24.6 Å². The second-order valence-electron chi connectivity index (χ2n) is 6.57. The molecule has 26 heavy (non-hydrogen) atoms. The predicted molar refractivity (Wildman–Crippen MR) is 93.3 cm³/mol. The van der Waals surface area contributed by atoms with Crippen molar-refractivity contribution in [2.24, 2.45) is 13.0 Å². The Morgan fingerprint density at radius 2 is 2.19 bits per heavy atom. The van der Waals surface area contributed by atoms with E-state index in [4.69, 9.17) is 9.47 Å². The summed E-state index contributed by atoms with van der Waals surface area (Å²) >= 11 is 0. The molecule has 3 rings (SSSR count). The van der Waals surface area contributed by atoms with Crippen LogP contribution in [0.5, 0.6) is 5.75 Å². The molecule has 0 amide bonds. The molecule has 140 valence electrons. The standard InChI is InChI=1S/C18H24N4O4/c1-11-16(26-13-6-4-5-12(9-13)18(24)25-3)8-7-14(19-11)17-15(10-23)22(2)21-20-17/h7-8,12-13,23H,4-6,9-10H2,1-3H3/t12-,13+/m1/s1. The van der Waals surface area contributed by atoms with E-state index in [1.165, 1.54) is 11.8 Å². The summed E-state index contributed by atoms with van der Waals surface area (Å²) in [6.45, 7) is 1.71. The minimum absolute atomic E-state index is 0.0243. The second kappa shape index (κ2) is 7.82. The summed E-state index contributed by atoms with van der Waals surface area (Å²) in [5.74, 6) is 0.430. The highest BCUT2D eigenvalue weighted by atomic mass is 16.5. The van der Waals surface area contributed by atoms with Gasteiger partial charge in [-0.2, -0.15) is 0 Å². The van der Waals surface area contributed by atoms with Gasteiger partial charge in [-0.15, -0.1) is 5.10 Å². The zero-order valence-electron chi connectivity index (χ0n) is 15.3. The molecule has 0 aromatic carbocycles. The van der Waals surface area contributed by atoms with Gasteiger partial charge < -0.3 is 14.6 Å². The summed E-state index contributed by atoms with van der Waals surface area (Å²) in [6, 6.07) is 3.67. The molecule has 1 aliphatic rings. The third-order valence-corrected chi connectivity index (χ3v) is 4.83. The van der Waals surface area contributed by atoms with Crippen LogP contribution in [0.2, 0.25) is 0 Å². The highest BCUT2D eigenvalue weighted by Crippen LogP contribution is 2.30. The molecule has 8 heteroatoms. The molecule has 2 atom stereocenters. The van der Waals surface area contributed by atoms with Crippen molar-refractivity contribution in [2.45, 2.75) is 45.3 Å². The number of hydrogen-bond acceptors (Lipinski definition) is 7. The van der Waals surface area contributed by atoms with E-state index in [1.54, 1.807) is 7.05 Å². The van der Waals surface area contributed by atoms with Crippen LogP contribution in [-0.4, -0.2) is 44.3 Å². The van der Waals surface area contributed by atoms with Crippen LogP contribution in [0.25, 0.3) is 11.4 Å². The lowest BCUT2D eigenvalue weighted by Crippen LogP contribution is -2.30. The number of methoxy groups -OCH3 is 1. The Labute approximate surface area is 152 Å². The summed E-state index contributed by atoms with van der Waals surface area (Å²) in [4.78, 5) is 16.3. The number of aliphatic hydroxyl groups excluding tert-OH is 1. The Balaban J connectivity index is 1.75. The van der Waals surface area contributed by atoms with Crippen molar-refractivity contribution < 1.29 is 19.4 Å². The number of carbonyl (C=O) groups excluding carboxylic acids is 1. The van der Waals surface area contributed by atoms with Gasteiger partial charge in [-0.3, -0.25) is 4.79 Å². The lowest BCUT2D eigenvalue weighted by molar-refractivity contribution is -0.147. The SMILES string of the molecule is COC(=O)[C@@H]1CCC[C@H](Oc2ccc(-c3nnn(C)c3CO)nc2C)C1. The maximum absolute atomic E-state index is 11.8. The molecule has 2 aromatic heterocycles. The van der Waals surface area contributed by atoms with Gasteiger partial charge in [0.15, 0.2) is 0 Å². The number of rotatable bonds is 5. The van der Waals surface area contributed by atoms with Crippen molar-refractivity contribution in [1.82, 2.24) is 20.0 Å². The molecule has 2 aromatic rings. The number of aliphatic hydroxyl groups is 1. The molecule has 0 saturated heterocycles. The fourth-order valence-electron chi connectivity index (χ4n) is 3.37. The number of ether oxygens (including phenoxy) is 2. The zero-order chi connectivity index (χ0) is 18.7. The average Bonchev–Trinajstić information content (AvgIpc) is 3.03. The molecular weight excluding hydrogens is 336 g/mol. The van der Waals surface area contributed by atoms with Crippen molar-refractivity contribution in [3.05, 3.63) is 23.5 Å². The Kier molecular flexibility index (Phi) is 5.51. The van der Waals surface area contributed by atoms with Crippen LogP contribution in [0.1, 0.15) is 37.1 Å². The number of pyridine rings is 1. The van der Waals surface area contributed by atoms with Crippen molar-refractivity contribution in [1.29, 1.82) is 0 Å². The summed E-state index contributed by atoms with van der Waals surface area (Å²) in [7, 11) is 3.15. The molecule has 0 aliphatic heterocycles. The van der Waals surface area contributed by atoms with Gasteiger partial charge in [0.05, 0.1) is 42.8 Å². The van der Waals surface area contributed by atoms with Crippen LogP contribution in [0.4, 0.5) is 0 Å². The molecule has 0 radical (unpaired) electrons. The average molecular weight is 360 g/mol. The monoisotopic (exact) mass is 360 g/mol. The van der Waals surface area contributed by atoms with Crippen LogP contribution < -0.4 is 4.74 Å². The van der Waals surface area contributed by atoms with Gasteiger partial charge in [-0.1, -0.05) is 5.21 Å². The van der Waals surface area contributed by atoms with Crippen LogP contribution in [0, 0.1) is 12.8 Å². The molecule has 2 heterocycles. The van der Waals surface area contributed by atoms with Gasteiger partial charge >= 0.3 is 5.97 Å². The smallest absolute Gasteiger partial charge is 0.308 e. The van der Waals surface area contributed by atoms with Gasteiger partial charge in [0.1, 0.15) is 11.4 Å². The van der Waals surface area contributed by atoms with Crippen LogP contribution in [0.15, 0.2) is 12.1 Å². The largest absolute Gasteiger partial charge is 0.489 e.